The maximum Gasteiger partial charge on any atom is 0.0298 e. The summed E-state index contributed by atoms with van der Waals surface area (Å²) >= 11 is 3.57. The molecule has 0 fully saturated rings. The predicted octanol–water partition coefficient (Wildman–Crippen LogP) is 2.35. The lowest BCUT2D eigenvalue weighted by atomic mass is 10.0. The van der Waals surface area contributed by atoms with Crippen molar-refractivity contribution in [2.24, 2.45) is 0 Å². The minimum absolute atomic E-state index is 0.571. The van der Waals surface area contributed by atoms with Crippen LogP contribution in [-0.2, 0) is 0 Å². The third kappa shape index (κ3) is 1.74. The van der Waals surface area contributed by atoms with Crippen molar-refractivity contribution in [1.82, 2.24) is 5.32 Å². The van der Waals surface area contributed by atoms with E-state index in [0.717, 1.165) is 12.8 Å². The molecule has 1 nitrogen and oxygen atoms in total. The molecular formula is C9H12BrN. The number of nitrogens with one attached hydrogen (secondary N) is 1. The zero-order chi connectivity index (χ0) is 7.68. The third-order valence-electron chi connectivity index (χ3n) is 2.25. The van der Waals surface area contributed by atoms with E-state index >= 15 is 0 Å². The Hall–Kier alpha value is -0.0800. The molecule has 0 aromatic rings. The van der Waals surface area contributed by atoms with Gasteiger partial charge in [-0.1, -0.05) is 34.2 Å². The molecule has 0 aliphatic carbocycles. The summed E-state index contributed by atoms with van der Waals surface area (Å²) in [6.07, 6.45) is 10.3. The Morgan fingerprint density at radius 2 is 2.18 bits per heavy atom. The highest BCUT2D eigenvalue weighted by Gasteiger charge is 2.20. The Kier molecular flexibility index (Phi) is 2.14. The molecule has 0 spiro atoms. The van der Waals surface area contributed by atoms with Gasteiger partial charge in [0.2, 0.25) is 0 Å². The second-order valence-corrected chi connectivity index (χ2v) is 4.25. The average Bonchev–Trinajstić information content (AvgIpc) is 2.11. The second kappa shape index (κ2) is 3.11. The van der Waals surface area contributed by atoms with Crippen LogP contribution in [-0.4, -0.2) is 12.1 Å². The molecule has 2 heterocycles. The maximum absolute atomic E-state index is 3.58. The van der Waals surface area contributed by atoms with E-state index in [1.807, 2.05) is 0 Å². The van der Waals surface area contributed by atoms with Crippen molar-refractivity contribution < 1.29 is 0 Å². The summed E-state index contributed by atoms with van der Waals surface area (Å²) in [4.78, 5) is 0. The first kappa shape index (κ1) is 7.56. The summed E-state index contributed by atoms with van der Waals surface area (Å²) in [5.41, 5.74) is 0. The van der Waals surface area contributed by atoms with Crippen LogP contribution in [0.4, 0.5) is 0 Å². The highest BCUT2D eigenvalue weighted by atomic mass is 79.9. The van der Waals surface area contributed by atoms with Crippen molar-refractivity contribution in [1.29, 1.82) is 0 Å². The Bertz CT molecular complexity index is 208. The average molecular weight is 214 g/mol. The molecule has 1 N–H and O–H groups in total. The summed E-state index contributed by atoms with van der Waals surface area (Å²) in [6.45, 7) is 0. The SMILES string of the molecule is BrC1=CC2CC=CCC(C1)N2. The van der Waals surface area contributed by atoms with E-state index in [-0.39, 0.29) is 0 Å². The topological polar surface area (TPSA) is 12.0 Å². The van der Waals surface area contributed by atoms with E-state index in [9.17, 15) is 0 Å². The largest absolute Gasteiger partial charge is 0.307 e. The second-order valence-electron chi connectivity index (χ2n) is 3.23. The molecule has 0 aromatic heterocycles. The molecule has 2 heteroatoms. The van der Waals surface area contributed by atoms with Crippen molar-refractivity contribution in [2.45, 2.75) is 31.3 Å². The standard InChI is InChI=1S/C9H12BrN/c10-7-5-8-3-1-2-4-9(6-7)11-8/h1-2,5,8-9,11H,3-4,6H2. The van der Waals surface area contributed by atoms with Gasteiger partial charge in [-0.2, -0.15) is 0 Å². The minimum Gasteiger partial charge on any atom is -0.307 e. The summed E-state index contributed by atoms with van der Waals surface area (Å²) in [5, 5.41) is 3.58. The Morgan fingerprint density at radius 3 is 3.09 bits per heavy atom. The van der Waals surface area contributed by atoms with Gasteiger partial charge in [-0.3, -0.25) is 0 Å². The van der Waals surface area contributed by atoms with Gasteiger partial charge in [0.25, 0.3) is 0 Å². The summed E-state index contributed by atoms with van der Waals surface area (Å²) in [7, 11) is 0. The number of halogens is 1. The van der Waals surface area contributed by atoms with Gasteiger partial charge in [-0.05, 0) is 23.7 Å². The van der Waals surface area contributed by atoms with Gasteiger partial charge in [-0.15, -0.1) is 0 Å². The number of rotatable bonds is 0. The van der Waals surface area contributed by atoms with Gasteiger partial charge in [0.05, 0.1) is 0 Å². The fourth-order valence-corrected chi connectivity index (χ4v) is 2.43. The fraction of sp³-hybridized carbons (Fsp3) is 0.556. The van der Waals surface area contributed by atoms with Crippen molar-refractivity contribution in [3.63, 3.8) is 0 Å². The van der Waals surface area contributed by atoms with Crippen molar-refractivity contribution in [3.05, 3.63) is 22.7 Å². The highest BCUT2D eigenvalue weighted by molar-refractivity contribution is 9.11. The van der Waals surface area contributed by atoms with E-state index in [2.05, 4.69) is 39.5 Å². The van der Waals surface area contributed by atoms with Crippen LogP contribution in [0, 0.1) is 0 Å². The minimum atomic E-state index is 0.571. The maximum atomic E-state index is 3.58. The Balaban J connectivity index is 2.17. The summed E-state index contributed by atoms with van der Waals surface area (Å²) in [5.74, 6) is 0. The summed E-state index contributed by atoms with van der Waals surface area (Å²) < 4.78 is 1.37. The molecule has 2 aliphatic rings. The molecule has 0 radical (unpaired) electrons. The number of fused-ring (bicyclic) bond motifs is 2. The zero-order valence-electron chi connectivity index (χ0n) is 6.39. The van der Waals surface area contributed by atoms with Crippen LogP contribution in [0.15, 0.2) is 22.7 Å². The molecule has 2 bridgehead atoms. The lowest BCUT2D eigenvalue weighted by Gasteiger charge is -2.25. The molecule has 0 saturated carbocycles. The first-order valence-corrected chi connectivity index (χ1v) is 4.91. The number of hydrogen-bond donors (Lipinski definition) is 1. The van der Waals surface area contributed by atoms with Crippen LogP contribution >= 0.6 is 15.9 Å². The zero-order valence-corrected chi connectivity index (χ0v) is 7.97. The third-order valence-corrected chi connectivity index (χ3v) is 2.84. The van der Waals surface area contributed by atoms with Gasteiger partial charge in [0, 0.05) is 12.1 Å². The molecule has 11 heavy (non-hydrogen) atoms. The molecule has 0 aromatic carbocycles. The van der Waals surface area contributed by atoms with Crippen LogP contribution in [0.2, 0.25) is 0 Å². The van der Waals surface area contributed by atoms with Crippen LogP contribution in [0.25, 0.3) is 0 Å². The molecule has 2 unspecified atom stereocenters. The van der Waals surface area contributed by atoms with Crippen LogP contribution in [0.1, 0.15) is 19.3 Å². The summed E-state index contributed by atoms with van der Waals surface area (Å²) in [6, 6.07) is 1.24. The molecule has 0 amide bonds. The molecular weight excluding hydrogens is 202 g/mol. The monoisotopic (exact) mass is 213 g/mol. The molecule has 60 valence electrons. The lowest BCUT2D eigenvalue weighted by Crippen LogP contribution is -2.38. The van der Waals surface area contributed by atoms with E-state index in [4.69, 9.17) is 0 Å². The van der Waals surface area contributed by atoms with Gasteiger partial charge in [0.15, 0.2) is 0 Å². The van der Waals surface area contributed by atoms with Crippen LogP contribution in [0.3, 0.4) is 0 Å². The first-order valence-electron chi connectivity index (χ1n) is 4.12. The van der Waals surface area contributed by atoms with E-state index in [0.29, 0.717) is 12.1 Å². The molecule has 2 aliphatic heterocycles. The number of hydrogen-bond acceptors (Lipinski definition) is 1. The predicted molar refractivity (Wildman–Crippen MR) is 50.7 cm³/mol. The fourth-order valence-electron chi connectivity index (χ4n) is 1.72. The Morgan fingerprint density at radius 1 is 1.36 bits per heavy atom. The van der Waals surface area contributed by atoms with Gasteiger partial charge >= 0.3 is 0 Å². The van der Waals surface area contributed by atoms with Gasteiger partial charge in [0.1, 0.15) is 0 Å². The highest BCUT2D eigenvalue weighted by Crippen LogP contribution is 2.24. The van der Waals surface area contributed by atoms with E-state index < -0.39 is 0 Å². The normalized spacial score (nSPS) is 36.3. The lowest BCUT2D eigenvalue weighted by molar-refractivity contribution is 0.464. The van der Waals surface area contributed by atoms with Crippen molar-refractivity contribution in [2.75, 3.05) is 0 Å². The van der Waals surface area contributed by atoms with Gasteiger partial charge < -0.3 is 5.32 Å². The van der Waals surface area contributed by atoms with E-state index in [1.165, 1.54) is 10.9 Å². The van der Waals surface area contributed by atoms with Crippen LogP contribution < -0.4 is 5.32 Å². The quantitative estimate of drug-likeness (QED) is 0.610. The van der Waals surface area contributed by atoms with Crippen LogP contribution in [0.5, 0.6) is 0 Å². The van der Waals surface area contributed by atoms with Gasteiger partial charge in [-0.25, -0.2) is 0 Å². The van der Waals surface area contributed by atoms with E-state index in [1.54, 1.807) is 0 Å². The van der Waals surface area contributed by atoms with Crippen molar-refractivity contribution >= 4 is 15.9 Å². The van der Waals surface area contributed by atoms with Crippen molar-refractivity contribution in [3.8, 4) is 0 Å². The molecule has 2 rings (SSSR count). The molecule has 2 atom stereocenters. The first-order chi connectivity index (χ1) is 5.34. The smallest absolute Gasteiger partial charge is 0.0298 e. The Labute approximate surface area is 75.7 Å². The molecule has 0 saturated heterocycles.